The molecule has 1 saturated heterocycles. The molecule has 1 aromatic heterocycles. The van der Waals surface area contributed by atoms with E-state index in [1.807, 2.05) is 68.9 Å². The van der Waals surface area contributed by atoms with Crippen molar-refractivity contribution in [2.24, 2.45) is 0 Å². The highest BCUT2D eigenvalue weighted by Crippen LogP contribution is 2.29. The molecule has 0 saturated carbocycles. The molecule has 1 atom stereocenters. The largest absolute Gasteiger partial charge is 0.350 e. The van der Waals surface area contributed by atoms with Gasteiger partial charge in [-0.05, 0) is 32.8 Å². The van der Waals surface area contributed by atoms with E-state index in [-0.39, 0.29) is 23.8 Å². The molecule has 30 heavy (non-hydrogen) atoms. The number of hydrogen-bond acceptors (Lipinski definition) is 5. The minimum Gasteiger partial charge on any atom is -0.350 e. The number of anilines is 1. The van der Waals surface area contributed by atoms with E-state index in [0.29, 0.717) is 31.0 Å². The van der Waals surface area contributed by atoms with E-state index in [2.05, 4.69) is 15.3 Å². The second kappa shape index (κ2) is 9.24. The maximum atomic E-state index is 12.8. The highest BCUT2D eigenvalue weighted by Gasteiger charge is 2.31. The fourth-order valence-corrected chi connectivity index (χ4v) is 3.63. The predicted octanol–water partition coefficient (Wildman–Crippen LogP) is 2.55. The molecule has 0 bridgehead atoms. The van der Waals surface area contributed by atoms with Crippen molar-refractivity contribution in [1.82, 2.24) is 20.2 Å². The number of carbonyl (C=O) groups excluding carboxylic acids is 2. The summed E-state index contributed by atoms with van der Waals surface area (Å²) in [5.41, 5.74) is 3.41. The molecule has 160 valence electrons. The van der Waals surface area contributed by atoms with Crippen LogP contribution in [-0.2, 0) is 11.2 Å². The lowest BCUT2D eigenvalue weighted by atomic mass is 9.99. The third-order valence-corrected chi connectivity index (χ3v) is 5.27. The maximum Gasteiger partial charge on any atom is 0.254 e. The van der Waals surface area contributed by atoms with E-state index >= 15 is 0 Å². The molecule has 0 spiro atoms. The van der Waals surface area contributed by atoms with E-state index in [4.69, 9.17) is 0 Å². The number of nitrogens with zero attached hydrogens (tertiary/aromatic N) is 4. The van der Waals surface area contributed by atoms with Gasteiger partial charge < -0.3 is 15.1 Å². The molecular formula is C23H31N5O2. The van der Waals surface area contributed by atoms with Crippen LogP contribution in [0.15, 0.2) is 30.5 Å². The van der Waals surface area contributed by atoms with Crippen LogP contribution in [0.3, 0.4) is 0 Å². The monoisotopic (exact) mass is 409 g/mol. The molecule has 2 heterocycles. The third-order valence-electron chi connectivity index (χ3n) is 5.27. The van der Waals surface area contributed by atoms with Gasteiger partial charge in [0, 0.05) is 45.3 Å². The van der Waals surface area contributed by atoms with Crippen molar-refractivity contribution >= 4 is 17.8 Å². The van der Waals surface area contributed by atoms with Crippen LogP contribution in [-0.4, -0.2) is 59.9 Å². The molecule has 3 rings (SSSR count). The molecule has 1 unspecified atom stereocenters. The number of aromatic nitrogens is 2. The zero-order valence-corrected chi connectivity index (χ0v) is 18.5. The van der Waals surface area contributed by atoms with E-state index in [1.165, 1.54) is 5.56 Å². The molecule has 7 nitrogen and oxygen atoms in total. The second-order valence-electron chi connectivity index (χ2n) is 8.48. The van der Waals surface area contributed by atoms with Gasteiger partial charge in [0.2, 0.25) is 11.9 Å². The maximum absolute atomic E-state index is 12.8. The first kappa shape index (κ1) is 21.7. The molecule has 2 aromatic rings. The van der Waals surface area contributed by atoms with Crippen LogP contribution in [0.4, 0.5) is 5.95 Å². The van der Waals surface area contributed by atoms with Crippen LogP contribution in [0.25, 0.3) is 0 Å². The SMILES string of the molecule is Cc1ccc(CC(=O)N2CCC(c3nc(N(C)C)ncc3C(=O)NC(C)C)C2)cc1. The molecule has 1 aromatic carbocycles. The van der Waals surface area contributed by atoms with Crippen molar-refractivity contribution in [1.29, 1.82) is 0 Å². The van der Waals surface area contributed by atoms with Crippen LogP contribution in [0.1, 0.15) is 53.4 Å². The van der Waals surface area contributed by atoms with Gasteiger partial charge in [0.1, 0.15) is 0 Å². The van der Waals surface area contributed by atoms with Gasteiger partial charge in [0.05, 0.1) is 17.7 Å². The molecule has 1 aliphatic rings. The zero-order chi connectivity index (χ0) is 21.8. The molecular weight excluding hydrogens is 378 g/mol. The standard InChI is InChI=1S/C23H31N5O2/c1-15(2)25-22(30)19-13-24-23(27(4)5)26-21(19)18-10-11-28(14-18)20(29)12-17-8-6-16(3)7-9-17/h6-9,13,15,18H,10-12,14H2,1-5H3,(H,25,30). The lowest BCUT2D eigenvalue weighted by Gasteiger charge is -2.20. The Balaban J connectivity index is 1.78. The molecule has 0 aliphatic carbocycles. The topological polar surface area (TPSA) is 78.4 Å². The summed E-state index contributed by atoms with van der Waals surface area (Å²) in [4.78, 5) is 38.3. The van der Waals surface area contributed by atoms with Crippen LogP contribution in [0.5, 0.6) is 0 Å². The number of hydrogen-bond donors (Lipinski definition) is 1. The Morgan fingerprint density at radius 1 is 1.23 bits per heavy atom. The highest BCUT2D eigenvalue weighted by molar-refractivity contribution is 5.95. The molecule has 0 radical (unpaired) electrons. The lowest BCUT2D eigenvalue weighted by molar-refractivity contribution is -0.129. The molecule has 2 amide bonds. The van der Waals surface area contributed by atoms with Crippen molar-refractivity contribution in [2.75, 3.05) is 32.1 Å². The van der Waals surface area contributed by atoms with Crippen LogP contribution >= 0.6 is 0 Å². The third kappa shape index (κ3) is 5.14. The Hall–Kier alpha value is -2.96. The van der Waals surface area contributed by atoms with Crippen molar-refractivity contribution in [3.8, 4) is 0 Å². The average molecular weight is 410 g/mol. The van der Waals surface area contributed by atoms with E-state index < -0.39 is 0 Å². The summed E-state index contributed by atoms with van der Waals surface area (Å²) >= 11 is 0. The van der Waals surface area contributed by atoms with Gasteiger partial charge in [0.25, 0.3) is 5.91 Å². The number of carbonyl (C=O) groups is 2. The van der Waals surface area contributed by atoms with Crippen molar-refractivity contribution in [3.63, 3.8) is 0 Å². The first-order valence-corrected chi connectivity index (χ1v) is 10.4. The summed E-state index contributed by atoms with van der Waals surface area (Å²) in [5, 5.41) is 2.93. The number of aryl methyl sites for hydroxylation is 1. The summed E-state index contributed by atoms with van der Waals surface area (Å²) in [5.74, 6) is 0.517. The molecule has 1 N–H and O–H groups in total. The molecule has 7 heteroatoms. The second-order valence-corrected chi connectivity index (χ2v) is 8.48. The van der Waals surface area contributed by atoms with Gasteiger partial charge in [-0.25, -0.2) is 9.97 Å². The van der Waals surface area contributed by atoms with Crippen LogP contribution in [0.2, 0.25) is 0 Å². The fourth-order valence-electron chi connectivity index (χ4n) is 3.63. The summed E-state index contributed by atoms with van der Waals surface area (Å²) < 4.78 is 0. The Kier molecular flexibility index (Phi) is 6.70. The molecule has 1 fully saturated rings. The van der Waals surface area contributed by atoms with Gasteiger partial charge in [-0.2, -0.15) is 0 Å². The normalized spacial score (nSPS) is 16.1. The minimum atomic E-state index is -0.172. The summed E-state index contributed by atoms with van der Waals surface area (Å²) in [7, 11) is 3.75. The van der Waals surface area contributed by atoms with E-state index in [1.54, 1.807) is 6.20 Å². The van der Waals surface area contributed by atoms with Crippen LogP contribution in [0, 0.1) is 6.92 Å². The van der Waals surface area contributed by atoms with Gasteiger partial charge >= 0.3 is 0 Å². The van der Waals surface area contributed by atoms with Crippen LogP contribution < -0.4 is 10.2 Å². The first-order chi connectivity index (χ1) is 14.2. The summed E-state index contributed by atoms with van der Waals surface area (Å²) in [6.45, 7) is 7.12. The van der Waals surface area contributed by atoms with Gasteiger partial charge in [-0.1, -0.05) is 29.8 Å². The van der Waals surface area contributed by atoms with Crippen molar-refractivity contribution in [2.45, 2.75) is 45.6 Å². The summed E-state index contributed by atoms with van der Waals surface area (Å²) in [6.07, 6.45) is 2.78. The van der Waals surface area contributed by atoms with E-state index in [0.717, 1.165) is 17.7 Å². The van der Waals surface area contributed by atoms with Gasteiger partial charge in [0.15, 0.2) is 0 Å². The van der Waals surface area contributed by atoms with Gasteiger partial charge in [-0.15, -0.1) is 0 Å². The number of benzene rings is 1. The van der Waals surface area contributed by atoms with E-state index in [9.17, 15) is 9.59 Å². The fraction of sp³-hybridized carbons (Fsp3) is 0.478. The number of likely N-dealkylation sites (tertiary alicyclic amines) is 1. The Morgan fingerprint density at radius 2 is 1.93 bits per heavy atom. The Bertz CT molecular complexity index is 908. The highest BCUT2D eigenvalue weighted by atomic mass is 16.2. The predicted molar refractivity (Wildman–Crippen MR) is 118 cm³/mol. The summed E-state index contributed by atoms with van der Waals surface area (Å²) in [6, 6.07) is 8.08. The minimum absolute atomic E-state index is 0.0154. The first-order valence-electron chi connectivity index (χ1n) is 10.4. The van der Waals surface area contributed by atoms with Gasteiger partial charge in [-0.3, -0.25) is 9.59 Å². The van der Waals surface area contributed by atoms with Crippen molar-refractivity contribution < 1.29 is 9.59 Å². The lowest BCUT2D eigenvalue weighted by Crippen LogP contribution is -2.33. The number of rotatable bonds is 6. The molecule has 1 aliphatic heterocycles. The average Bonchev–Trinajstić information content (AvgIpc) is 3.19. The Labute approximate surface area is 178 Å². The van der Waals surface area contributed by atoms with Crippen molar-refractivity contribution in [3.05, 3.63) is 52.8 Å². The number of nitrogens with one attached hydrogen (secondary N) is 1. The smallest absolute Gasteiger partial charge is 0.254 e. The Morgan fingerprint density at radius 3 is 2.57 bits per heavy atom. The number of amides is 2. The quantitative estimate of drug-likeness (QED) is 0.793. The zero-order valence-electron chi connectivity index (χ0n) is 18.5.